The second-order valence-electron chi connectivity index (χ2n) is 14.0. The topological polar surface area (TPSA) is 128 Å². The third-order valence-electron chi connectivity index (χ3n) is 10.1. The van der Waals surface area contributed by atoms with Crippen LogP contribution in [0.25, 0.3) is 0 Å². The molecule has 8 rings (SSSR count). The molecule has 0 bridgehead atoms. The second kappa shape index (κ2) is 14.5. The molecule has 2 aromatic carbocycles. The lowest BCUT2D eigenvalue weighted by Crippen LogP contribution is -2.32. The van der Waals surface area contributed by atoms with Crippen LogP contribution in [0.3, 0.4) is 0 Å². The van der Waals surface area contributed by atoms with Gasteiger partial charge in [0.05, 0.1) is 37.0 Å². The van der Waals surface area contributed by atoms with Gasteiger partial charge < -0.3 is 28.9 Å². The molecule has 5 aromatic rings. The Morgan fingerprint density at radius 2 is 1.83 bits per heavy atom. The summed E-state index contributed by atoms with van der Waals surface area (Å²) in [5.74, 6) is 3.09. The molecule has 1 unspecified atom stereocenters. The van der Waals surface area contributed by atoms with Gasteiger partial charge in [-0.15, -0.1) is 0 Å². The highest BCUT2D eigenvalue weighted by Crippen LogP contribution is 2.52. The van der Waals surface area contributed by atoms with Crippen LogP contribution in [-0.4, -0.2) is 73.3 Å². The third kappa shape index (κ3) is 7.05. The Morgan fingerprint density at radius 3 is 2.54 bits per heavy atom. The van der Waals surface area contributed by atoms with Crippen LogP contribution in [0.4, 0.5) is 39.2 Å². The van der Waals surface area contributed by atoms with Gasteiger partial charge in [-0.25, -0.2) is 17.5 Å². The first-order valence-electron chi connectivity index (χ1n) is 18.2. The van der Waals surface area contributed by atoms with Gasteiger partial charge in [0.15, 0.2) is 21.9 Å². The van der Waals surface area contributed by atoms with Crippen molar-refractivity contribution in [2.45, 2.75) is 62.6 Å². The van der Waals surface area contributed by atoms with Crippen LogP contribution in [0.5, 0.6) is 11.5 Å². The van der Waals surface area contributed by atoms with Crippen molar-refractivity contribution in [2.24, 2.45) is 0 Å². The molecule has 1 saturated heterocycles. The van der Waals surface area contributed by atoms with Crippen LogP contribution in [0.1, 0.15) is 61.1 Å². The maximum Gasteiger partial charge on any atom is 0.233 e. The minimum absolute atomic E-state index is 0.112. The van der Waals surface area contributed by atoms with Gasteiger partial charge in [0.25, 0.3) is 0 Å². The molecule has 0 N–H and O–H groups in total. The van der Waals surface area contributed by atoms with Crippen LogP contribution in [0.2, 0.25) is 0 Å². The summed E-state index contributed by atoms with van der Waals surface area (Å²) in [7, 11) is -0.307. The molecule has 0 spiro atoms. The maximum atomic E-state index is 15.8. The Labute approximate surface area is 314 Å². The number of rotatable bonds is 11. The van der Waals surface area contributed by atoms with Gasteiger partial charge >= 0.3 is 0 Å². The molecular formula is C39H43FN8O5S. The highest BCUT2D eigenvalue weighted by atomic mass is 32.2. The summed E-state index contributed by atoms with van der Waals surface area (Å²) >= 11 is 0. The molecule has 2 aliphatic heterocycles. The summed E-state index contributed by atoms with van der Waals surface area (Å²) in [5.41, 5.74) is 3.79. The van der Waals surface area contributed by atoms with Crippen molar-refractivity contribution in [1.29, 1.82) is 0 Å². The molecule has 282 valence electrons. The SMILES string of the molecule is COc1ccc(CN(c2cc(C)n(C3CCCCO3)n2)c2nc(N(C)c3ccc(S(C)(=O)=O)cc3F)nc(N3CCOc4ccncc43)c2C2CC2)cc1. The Morgan fingerprint density at radius 1 is 1.02 bits per heavy atom. The third-order valence-corrected chi connectivity index (χ3v) is 11.2. The quantitative estimate of drug-likeness (QED) is 0.136. The van der Waals surface area contributed by atoms with Crippen molar-refractivity contribution >= 4 is 44.6 Å². The van der Waals surface area contributed by atoms with Gasteiger partial charge in [-0.05, 0) is 80.8 Å². The number of halogens is 1. The number of anilines is 6. The Balaban J connectivity index is 1.34. The summed E-state index contributed by atoms with van der Waals surface area (Å²) in [6.45, 7) is 4.05. The largest absolute Gasteiger partial charge is 0.497 e. The number of aromatic nitrogens is 5. The van der Waals surface area contributed by atoms with E-state index in [9.17, 15) is 8.42 Å². The summed E-state index contributed by atoms with van der Waals surface area (Å²) in [6.07, 6.45) is 9.20. The van der Waals surface area contributed by atoms with Gasteiger partial charge in [0.1, 0.15) is 41.2 Å². The number of fused-ring (bicyclic) bond motifs is 1. The first-order chi connectivity index (χ1) is 26.1. The van der Waals surface area contributed by atoms with E-state index in [2.05, 4.69) is 20.9 Å². The van der Waals surface area contributed by atoms with E-state index in [1.165, 1.54) is 12.1 Å². The van der Waals surface area contributed by atoms with Gasteiger partial charge in [0.2, 0.25) is 5.95 Å². The number of hydrogen-bond donors (Lipinski definition) is 0. The summed E-state index contributed by atoms with van der Waals surface area (Å²) in [6, 6.07) is 15.7. The molecule has 2 fully saturated rings. The number of pyridine rings is 1. The lowest BCUT2D eigenvalue weighted by molar-refractivity contribution is -0.0405. The average Bonchev–Trinajstić information content (AvgIpc) is 3.96. The predicted octanol–water partition coefficient (Wildman–Crippen LogP) is 7.14. The fourth-order valence-electron chi connectivity index (χ4n) is 7.11. The molecule has 0 radical (unpaired) electrons. The van der Waals surface area contributed by atoms with E-state index in [4.69, 9.17) is 29.3 Å². The maximum absolute atomic E-state index is 15.8. The average molecular weight is 755 g/mol. The molecule has 15 heteroatoms. The van der Waals surface area contributed by atoms with E-state index in [-0.39, 0.29) is 28.7 Å². The van der Waals surface area contributed by atoms with Crippen LogP contribution < -0.4 is 24.2 Å². The van der Waals surface area contributed by atoms with Gasteiger partial charge in [-0.2, -0.15) is 15.1 Å². The first kappa shape index (κ1) is 35.7. The van der Waals surface area contributed by atoms with Gasteiger partial charge in [-0.3, -0.25) is 4.98 Å². The number of sulfone groups is 1. The number of aryl methyl sites for hydroxylation is 1. The molecule has 1 saturated carbocycles. The molecule has 1 atom stereocenters. The van der Waals surface area contributed by atoms with Crippen molar-refractivity contribution in [1.82, 2.24) is 24.7 Å². The Bertz CT molecular complexity index is 2280. The molecule has 54 heavy (non-hydrogen) atoms. The van der Waals surface area contributed by atoms with E-state index in [1.807, 2.05) is 41.9 Å². The van der Waals surface area contributed by atoms with Crippen LogP contribution in [0, 0.1) is 12.7 Å². The van der Waals surface area contributed by atoms with Crippen LogP contribution in [0.15, 0.2) is 71.9 Å². The molecule has 0 amide bonds. The fourth-order valence-corrected chi connectivity index (χ4v) is 7.74. The van der Waals surface area contributed by atoms with Crippen molar-refractivity contribution in [3.63, 3.8) is 0 Å². The Hall–Kier alpha value is -5.28. The molecule has 1 aliphatic carbocycles. The van der Waals surface area contributed by atoms with Crippen molar-refractivity contribution in [3.05, 3.63) is 89.6 Å². The van der Waals surface area contributed by atoms with Crippen LogP contribution in [-0.2, 0) is 21.1 Å². The van der Waals surface area contributed by atoms with Crippen molar-refractivity contribution in [2.75, 3.05) is 54.9 Å². The molecular weight excluding hydrogens is 712 g/mol. The highest BCUT2D eigenvalue weighted by molar-refractivity contribution is 7.90. The Kier molecular flexibility index (Phi) is 9.60. The molecule has 13 nitrogen and oxygen atoms in total. The van der Waals surface area contributed by atoms with Gasteiger partial charge in [-0.1, -0.05) is 12.1 Å². The predicted molar refractivity (Wildman–Crippen MR) is 203 cm³/mol. The number of ether oxygens (including phenoxy) is 3. The number of nitrogens with zero attached hydrogens (tertiary/aromatic N) is 8. The zero-order valence-electron chi connectivity index (χ0n) is 30.8. The number of methoxy groups -OCH3 is 1. The number of hydrogen-bond acceptors (Lipinski definition) is 12. The minimum atomic E-state index is -3.63. The zero-order valence-corrected chi connectivity index (χ0v) is 31.6. The lowest BCUT2D eigenvalue weighted by atomic mass is 10.1. The van der Waals surface area contributed by atoms with E-state index in [0.717, 1.165) is 72.7 Å². The van der Waals surface area contributed by atoms with Crippen molar-refractivity contribution < 1.29 is 27.0 Å². The van der Waals surface area contributed by atoms with E-state index >= 15 is 4.39 Å². The molecule has 3 aromatic heterocycles. The monoisotopic (exact) mass is 754 g/mol. The zero-order chi connectivity index (χ0) is 37.6. The van der Waals surface area contributed by atoms with E-state index in [0.29, 0.717) is 49.5 Å². The van der Waals surface area contributed by atoms with E-state index in [1.54, 1.807) is 31.5 Å². The second-order valence-corrected chi connectivity index (χ2v) is 16.0. The van der Waals surface area contributed by atoms with E-state index < -0.39 is 15.7 Å². The smallest absolute Gasteiger partial charge is 0.233 e. The van der Waals surface area contributed by atoms with Gasteiger partial charge in [0, 0.05) is 49.5 Å². The lowest BCUT2D eigenvalue weighted by Gasteiger charge is -2.34. The number of benzene rings is 2. The van der Waals surface area contributed by atoms with Crippen molar-refractivity contribution in [3.8, 4) is 11.5 Å². The molecule has 5 heterocycles. The summed E-state index contributed by atoms with van der Waals surface area (Å²) < 4.78 is 60.0. The summed E-state index contributed by atoms with van der Waals surface area (Å²) in [4.78, 5) is 20.5. The van der Waals surface area contributed by atoms with Crippen LogP contribution >= 0.6 is 0 Å². The minimum Gasteiger partial charge on any atom is -0.497 e. The highest BCUT2D eigenvalue weighted by Gasteiger charge is 2.38. The first-order valence-corrected chi connectivity index (χ1v) is 20.1. The summed E-state index contributed by atoms with van der Waals surface area (Å²) in [5, 5.41) is 5.18. The standard InChI is InChI=1S/C39H43FN8O5S/c1-25-21-34(44-48(25)35-7-5-6-19-53-35)47(24-26-8-12-28(51-3)13-9-26)38-36(27-10-11-27)37(46-18-20-52-33-16-17-41-23-32(33)46)42-39(43-38)45(2)31-15-14-29(22-30(31)40)54(4,49)50/h8-9,12-17,21-23,27,35H,5-7,10-11,18-20,24H2,1-4H3. The molecule has 3 aliphatic rings. The normalized spacial score (nSPS) is 17.1. The fraction of sp³-hybridized carbons (Fsp3) is 0.385.